The molecule has 0 aliphatic carbocycles. The lowest BCUT2D eigenvalue weighted by molar-refractivity contribution is 0.102. The maximum atomic E-state index is 12.2. The van der Waals surface area contributed by atoms with Gasteiger partial charge in [-0.05, 0) is 31.2 Å². The third-order valence-electron chi connectivity index (χ3n) is 2.66. The average molecular weight is 409 g/mol. The van der Waals surface area contributed by atoms with E-state index in [-0.39, 0.29) is 5.91 Å². The van der Waals surface area contributed by atoms with Gasteiger partial charge in [0.2, 0.25) is 0 Å². The van der Waals surface area contributed by atoms with Gasteiger partial charge >= 0.3 is 0 Å². The summed E-state index contributed by atoms with van der Waals surface area (Å²) in [7, 11) is 0. The Morgan fingerprint density at radius 1 is 1.38 bits per heavy atom. The summed E-state index contributed by atoms with van der Waals surface area (Å²) >= 11 is 16.4. The van der Waals surface area contributed by atoms with Crippen molar-refractivity contribution in [3.63, 3.8) is 0 Å². The van der Waals surface area contributed by atoms with E-state index in [1.165, 1.54) is 11.3 Å². The van der Waals surface area contributed by atoms with Crippen LogP contribution in [0.2, 0.25) is 8.67 Å². The van der Waals surface area contributed by atoms with E-state index in [1.807, 2.05) is 19.1 Å². The molecule has 1 aromatic carbocycles. The van der Waals surface area contributed by atoms with Crippen molar-refractivity contribution in [2.75, 3.05) is 11.9 Å². The van der Waals surface area contributed by atoms with Crippen molar-refractivity contribution in [3.05, 3.63) is 44.1 Å². The Balaban J connectivity index is 2.19. The van der Waals surface area contributed by atoms with E-state index in [2.05, 4.69) is 21.2 Å². The SMILES string of the molecule is CCOc1ccc(NC(=O)c2cc(Cl)sc2Cl)cc1CBr. The Kier molecular flexibility index (Phi) is 5.93. The fourth-order valence-corrected chi connectivity index (χ4v) is 3.65. The first-order valence-corrected chi connectivity index (χ1v) is 8.82. The van der Waals surface area contributed by atoms with Crippen molar-refractivity contribution in [3.8, 4) is 5.75 Å². The number of alkyl halides is 1. The first-order valence-electron chi connectivity index (χ1n) is 6.13. The number of carbonyl (C=O) groups is 1. The van der Waals surface area contributed by atoms with E-state index in [0.29, 0.717) is 31.9 Å². The lowest BCUT2D eigenvalue weighted by Gasteiger charge is -2.11. The quantitative estimate of drug-likeness (QED) is 0.653. The summed E-state index contributed by atoms with van der Waals surface area (Å²) in [5.74, 6) is 0.511. The van der Waals surface area contributed by atoms with Gasteiger partial charge in [-0.2, -0.15) is 0 Å². The fourth-order valence-electron chi connectivity index (χ4n) is 1.75. The number of halogens is 3. The van der Waals surface area contributed by atoms with Gasteiger partial charge in [-0.15, -0.1) is 11.3 Å². The largest absolute Gasteiger partial charge is 0.494 e. The van der Waals surface area contributed by atoms with Gasteiger partial charge in [0.15, 0.2) is 0 Å². The number of benzene rings is 1. The first-order chi connectivity index (χ1) is 10.0. The van der Waals surface area contributed by atoms with E-state index in [1.54, 1.807) is 12.1 Å². The summed E-state index contributed by atoms with van der Waals surface area (Å²) in [6.07, 6.45) is 0. The molecule has 0 bridgehead atoms. The number of nitrogens with one attached hydrogen (secondary N) is 1. The molecule has 7 heteroatoms. The summed E-state index contributed by atoms with van der Waals surface area (Å²) in [4.78, 5) is 12.2. The van der Waals surface area contributed by atoms with Crippen LogP contribution in [0.25, 0.3) is 0 Å². The highest BCUT2D eigenvalue weighted by Gasteiger charge is 2.15. The zero-order valence-corrected chi connectivity index (χ0v) is 15.0. The van der Waals surface area contributed by atoms with Crippen LogP contribution in [0, 0.1) is 0 Å². The van der Waals surface area contributed by atoms with Gasteiger partial charge in [0.05, 0.1) is 16.5 Å². The van der Waals surface area contributed by atoms with Crippen molar-refractivity contribution >= 4 is 62.1 Å². The van der Waals surface area contributed by atoms with Crippen LogP contribution in [0.15, 0.2) is 24.3 Å². The first kappa shape index (κ1) is 16.6. The monoisotopic (exact) mass is 407 g/mol. The summed E-state index contributed by atoms with van der Waals surface area (Å²) in [5, 5.41) is 3.44. The predicted octanol–water partition coefficient (Wildman–Crippen LogP) is 5.60. The third-order valence-corrected chi connectivity index (χ3v) is 4.76. The predicted molar refractivity (Wildman–Crippen MR) is 92.5 cm³/mol. The highest BCUT2D eigenvalue weighted by molar-refractivity contribution is 9.08. The number of ether oxygens (including phenoxy) is 1. The molecule has 0 spiro atoms. The molecular formula is C14H12BrCl2NO2S. The zero-order chi connectivity index (χ0) is 15.4. The van der Waals surface area contributed by atoms with Crippen molar-refractivity contribution in [1.82, 2.24) is 0 Å². The Hall–Kier alpha value is -0.750. The molecule has 0 atom stereocenters. The summed E-state index contributed by atoms with van der Waals surface area (Å²) in [5.41, 5.74) is 2.02. The lowest BCUT2D eigenvalue weighted by atomic mass is 10.2. The van der Waals surface area contributed by atoms with Crippen LogP contribution in [-0.2, 0) is 5.33 Å². The standard InChI is InChI=1S/C14H12BrCl2NO2S/c1-2-20-11-4-3-9(5-8(11)7-15)18-14(19)10-6-12(16)21-13(10)17/h3-6H,2,7H2,1H3,(H,18,19). The molecule has 0 unspecified atom stereocenters. The van der Waals surface area contributed by atoms with Gasteiger partial charge in [0, 0.05) is 16.6 Å². The van der Waals surface area contributed by atoms with E-state index < -0.39 is 0 Å². The molecule has 21 heavy (non-hydrogen) atoms. The molecule has 2 rings (SSSR count). The van der Waals surface area contributed by atoms with Crippen LogP contribution < -0.4 is 10.1 Å². The Morgan fingerprint density at radius 3 is 2.71 bits per heavy atom. The van der Waals surface area contributed by atoms with Crippen LogP contribution in [0.1, 0.15) is 22.8 Å². The molecule has 0 fully saturated rings. The van der Waals surface area contributed by atoms with E-state index in [9.17, 15) is 4.79 Å². The molecule has 0 aliphatic rings. The van der Waals surface area contributed by atoms with Crippen molar-refractivity contribution in [1.29, 1.82) is 0 Å². The summed E-state index contributed by atoms with van der Waals surface area (Å²) in [6, 6.07) is 7.04. The van der Waals surface area contributed by atoms with Crippen molar-refractivity contribution < 1.29 is 9.53 Å². The van der Waals surface area contributed by atoms with Gasteiger partial charge in [0.25, 0.3) is 5.91 Å². The minimum Gasteiger partial charge on any atom is -0.494 e. The second kappa shape index (κ2) is 7.49. The molecule has 2 aromatic rings. The average Bonchev–Trinajstić information content (AvgIpc) is 2.79. The summed E-state index contributed by atoms with van der Waals surface area (Å²) < 4.78 is 6.38. The van der Waals surface area contributed by atoms with E-state index >= 15 is 0 Å². The van der Waals surface area contributed by atoms with Crippen molar-refractivity contribution in [2.45, 2.75) is 12.3 Å². The van der Waals surface area contributed by atoms with E-state index in [4.69, 9.17) is 27.9 Å². The molecule has 3 nitrogen and oxygen atoms in total. The second-order valence-corrected chi connectivity index (χ2v) is 6.93. The smallest absolute Gasteiger partial charge is 0.258 e. The van der Waals surface area contributed by atoms with Gasteiger partial charge < -0.3 is 10.1 Å². The topological polar surface area (TPSA) is 38.3 Å². The maximum absolute atomic E-state index is 12.2. The highest BCUT2D eigenvalue weighted by atomic mass is 79.9. The minimum absolute atomic E-state index is 0.284. The Labute approximate surface area is 145 Å². The zero-order valence-electron chi connectivity index (χ0n) is 11.1. The van der Waals surface area contributed by atoms with Crippen LogP contribution in [0.5, 0.6) is 5.75 Å². The number of carbonyl (C=O) groups excluding carboxylic acids is 1. The molecule has 1 aromatic heterocycles. The molecule has 112 valence electrons. The fraction of sp³-hybridized carbons (Fsp3) is 0.214. The molecule has 1 amide bonds. The molecule has 0 saturated heterocycles. The van der Waals surface area contributed by atoms with Gasteiger partial charge in [-0.3, -0.25) is 4.79 Å². The molecule has 1 heterocycles. The normalized spacial score (nSPS) is 10.5. The van der Waals surface area contributed by atoms with Crippen LogP contribution >= 0.6 is 50.5 Å². The van der Waals surface area contributed by atoms with Gasteiger partial charge in [-0.1, -0.05) is 39.1 Å². The molecular weight excluding hydrogens is 397 g/mol. The van der Waals surface area contributed by atoms with Gasteiger partial charge in [-0.25, -0.2) is 0 Å². The van der Waals surface area contributed by atoms with Crippen LogP contribution in [0.4, 0.5) is 5.69 Å². The number of rotatable bonds is 5. The number of amides is 1. The van der Waals surface area contributed by atoms with Crippen LogP contribution in [0.3, 0.4) is 0 Å². The Morgan fingerprint density at radius 2 is 2.14 bits per heavy atom. The second-order valence-electron chi connectivity index (χ2n) is 4.08. The van der Waals surface area contributed by atoms with Gasteiger partial charge in [0.1, 0.15) is 10.1 Å². The third kappa shape index (κ3) is 4.13. The van der Waals surface area contributed by atoms with Crippen molar-refractivity contribution in [2.24, 2.45) is 0 Å². The number of hydrogen-bond acceptors (Lipinski definition) is 3. The van der Waals surface area contributed by atoms with Crippen LogP contribution in [-0.4, -0.2) is 12.5 Å². The highest BCUT2D eigenvalue weighted by Crippen LogP contribution is 2.32. The molecule has 0 radical (unpaired) electrons. The number of anilines is 1. The minimum atomic E-state index is -0.284. The van der Waals surface area contributed by atoms with E-state index in [0.717, 1.165) is 11.3 Å². The molecule has 0 saturated carbocycles. The Bertz CT molecular complexity index is 660. The maximum Gasteiger partial charge on any atom is 0.258 e. The molecule has 1 N–H and O–H groups in total. The number of hydrogen-bond donors (Lipinski definition) is 1. The molecule has 0 aliphatic heterocycles. The summed E-state index contributed by atoms with van der Waals surface area (Å²) in [6.45, 7) is 2.52. The number of thiophene rings is 1. The lowest BCUT2D eigenvalue weighted by Crippen LogP contribution is -2.11.